The molecule has 3 heterocycles. The fourth-order valence-electron chi connectivity index (χ4n) is 3.65. The lowest BCUT2D eigenvalue weighted by molar-refractivity contribution is 0.0223. The average Bonchev–Trinajstić information content (AvgIpc) is 2.86. The smallest absolute Gasteiger partial charge is 0.341 e. The quantitative estimate of drug-likeness (QED) is 0.701. The zero-order valence-corrected chi connectivity index (χ0v) is 13.4. The first kappa shape index (κ1) is 15.7. The van der Waals surface area contributed by atoms with Crippen molar-refractivity contribution in [1.29, 1.82) is 0 Å². The molecule has 4 rings (SSSR count). The van der Waals surface area contributed by atoms with Gasteiger partial charge < -0.3 is 20.7 Å². The highest BCUT2D eigenvalue weighted by Gasteiger charge is 2.43. The van der Waals surface area contributed by atoms with Crippen LogP contribution in [0.2, 0.25) is 0 Å². The van der Waals surface area contributed by atoms with Gasteiger partial charge in [-0.2, -0.15) is 0 Å². The summed E-state index contributed by atoms with van der Waals surface area (Å²) in [5.74, 6) is -0.0779. The van der Waals surface area contributed by atoms with Gasteiger partial charge in [-0.3, -0.25) is 4.90 Å². The van der Waals surface area contributed by atoms with Crippen LogP contribution in [0.25, 0.3) is 0 Å². The summed E-state index contributed by atoms with van der Waals surface area (Å²) in [5.41, 5.74) is 7.70. The number of thiophene rings is 1. The molecule has 2 aliphatic heterocycles. The minimum atomic E-state index is -0.732. The van der Waals surface area contributed by atoms with Crippen LogP contribution in [-0.4, -0.2) is 53.5 Å². The number of anilines is 1. The maximum absolute atomic E-state index is 12.2. The van der Waals surface area contributed by atoms with Crippen molar-refractivity contribution in [2.24, 2.45) is 0 Å². The monoisotopic (exact) mass is 326 g/mol. The molecular weight excluding hydrogens is 304 g/mol. The molecule has 0 aromatic carbocycles. The Balaban J connectivity index is 1.93. The first-order valence-electron chi connectivity index (χ1n) is 7.68. The number of carbonyl (C=O) groups excluding carboxylic acids is 1. The Bertz CT molecular complexity index is 574. The average molecular weight is 326 g/mol. The van der Waals surface area contributed by atoms with Crippen molar-refractivity contribution in [3.05, 3.63) is 16.0 Å². The van der Waals surface area contributed by atoms with Crippen LogP contribution in [-0.2, 0) is 4.74 Å². The number of piperidine rings is 1. The lowest BCUT2D eigenvalue weighted by Crippen LogP contribution is -2.46. The highest BCUT2D eigenvalue weighted by molar-refractivity contribution is 7.16. The number of nitrogen functional groups attached to an aromatic ring is 1. The molecule has 122 valence electrons. The molecule has 2 bridgehead atoms. The van der Waals surface area contributed by atoms with Crippen LogP contribution in [0.4, 0.5) is 5.00 Å². The lowest BCUT2D eigenvalue weighted by Gasteiger charge is -2.45. The fourth-order valence-corrected chi connectivity index (χ4v) is 4.97. The van der Waals surface area contributed by atoms with Crippen molar-refractivity contribution in [3.63, 3.8) is 0 Å². The molecule has 0 radical (unpaired) electrons. The molecule has 22 heavy (non-hydrogen) atoms. The maximum Gasteiger partial charge on any atom is 0.341 e. The summed E-state index contributed by atoms with van der Waals surface area (Å²) in [4.78, 5) is 15.5. The van der Waals surface area contributed by atoms with Gasteiger partial charge in [0, 0.05) is 24.0 Å². The number of ether oxygens (including phenoxy) is 1. The van der Waals surface area contributed by atoms with Crippen LogP contribution in [0.5, 0.6) is 0 Å². The molecule has 1 fully saturated rings. The minimum absolute atomic E-state index is 0.177. The number of hydrogen-bond donors (Lipinski definition) is 3. The van der Waals surface area contributed by atoms with Crippen molar-refractivity contribution in [1.82, 2.24) is 4.90 Å². The van der Waals surface area contributed by atoms with Gasteiger partial charge in [0.1, 0.15) is 5.00 Å². The molecular formula is C15H22N2O4S. The molecule has 1 aliphatic carbocycles. The van der Waals surface area contributed by atoms with Crippen LogP contribution >= 0.6 is 11.3 Å². The second-order valence-corrected chi connectivity index (χ2v) is 7.00. The standard InChI is InChI=1S/C15H22N2O4S/c1-2-21-15(20)12-11-8-3-4-10(13(11)22-14(12)16)17(5-8)6-9(19)7-18/h8-10,18-19H,2-7,16H2,1H3. The fraction of sp³-hybridized carbons (Fsp3) is 0.667. The Morgan fingerprint density at radius 1 is 1.55 bits per heavy atom. The molecule has 0 amide bonds. The van der Waals surface area contributed by atoms with Crippen LogP contribution < -0.4 is 5.73 Å². The zero-order valence-electron chi connectivity index (χ0n) is 12.6. The zero-order chi connectivity index (χ0) is 15.9. The Labute approximate surface area is 133 Å². The van der Waals surface area contributed by atoms with Crippen molar-refractivity contribution in [3.8, 4) is 0 Å². The van der Waals surface area contributed by atoms with Gasteiger partial charge in [0.05, 0.1) is 24.9 Å². The largest absolute Gasteiger partial charge is 0.462 e. The topological polar surface area (TPSA) is 96.0 Å². The van der Waals surface area contributed by atoms with Crippen molar-refractivity contribution < 1.29 is 19.7 Å². The molecule has 6 nitrogen and oxygen atoms in total. The van der Waals surface area contributed by atoms with Crippen LogP contribution in [0, 0.1) is 0 Å². The van der Waals surface area contributed by atoms with E-state index < -0.39 is 6.10 Å². The number of aliphatic hydroxyl groups is 2. The molecule has 0 saturated carbocycles. The lowest BCUT2D eigenvalue weighted by atomic mass is 9.77. The number of hydrogen-bond acceptors (Lipinski definition) is 7. The van der Waals surface area contributed by atoms with Gasteiger partial charge in [0.15, 0.2) is 0 Å². The number of aliphatic hydroxyl groups excluding tert-OH is 2. The van der Waals surface area contributed by atoms with Gasteiger partial charge in [0.25, 0.3) is 0 Å². The summed E-state index contributed by atoms with van der Waals surface area (Å²) in [5, 5.41) is 19.3. The summed E-state index contributed by atoms with van der Waals surface area (Å²) in [6.07, 6.45) is 1.29. The third-order valence-corrected chi connectivity index (χ3v) is 5.67. The van der Waals surface area contributed by atoms with Gasteiger partial charge in [-0.05, 0) is 31.2 Å². The molecule has 4 N–H and O–H groups in total. The summed E-state index contributed by atoms with van der Waals surface area (Å²) >= 11 is 1.46. The molecule has 3 aliphatic rings. The number of fused-ring (bicyclic) bond motifs is 2. The van der Waals surface area contributed by atoms with Crippen molar-refractivity contribution in [2.45, 2.75) is 37.8 Å². The second-order valence-electron chi connectivity index (χ2n) is 5.92. The second kappa shape index (κ2) is 6.16. The van der Waals surface area contributed by atoms with E-state index in [1.807, 2.05) is 0 Å². The van der Waals surface area contributed by atoms with E-state index in [2.05, 4.69) is 4.90 Å². The van der Waals surface area contributed by atoms with Crippen molar-refractivity contribution >= 4 is 22.3 Å². The van der Waals surface area contributed by atoms with E-state index in [1.54, 1.807) is 6.92 Å². The number of nitrogens with zero attached hydrogens (tertiary/aromatic N) is 1. The van der Waals surface area contributed by atoms with E-state index in [-0.39, 0.29) is 24.5 Å². The van der Waals surface area contributed by atoms with Crippen LogP contribution in [0.3, 0.4) is 0 Å². The van der Waals surface area contributed by atoms with Gasteiger partial charge in [-0.25, -0.2) is 4.79 Å². The predicted molar refractivity (Wildman–Crippen MR) is 84.1 cm³/mol. The molecule has 7 heteroatoms. The predicted octanol–water partition coefficient (Wildman–Crippen LogP) is 1.09. The minimum Gasteiger partial charge on any atom is -0.462 e. The Morgan fingerprint density at radius 2 is 2.32 bits per heavy atom. The number of esters is 1. The normalized spacial score (nSPS) is 25.0. The van der Waals surface area contributed by atoms with E-state index in [4.69, 9.17) is 15.6 Å². The molecule has 3 atom stereocenters. The van der Waals surface area contributed by atoms with E-state index in [1.165, 1.54) is 11.3 Å². The van der Waals surface area contributed by atoms with Crippen LogP contribution in [0.1, 0.15) is 52.5 Å². The Morgan fingerprint density at radius 3 is 3.00 bits per heavy atom. The van der Waals surface area contributed by atoms with E-state index in [0.717, 1.165) is 29.8 Å². The van der Waals surface area contributed by atoms with Crippen LogP contribution in [0.15, 0.2) is 0 Å². The Hall–Kier alpha value is -1.15. The van der Waals surface area contributed by atoms with Gasteiger partial charge >= 0.3 is 5.97 Å². The van der Waals surface area contributed by atoms with E-state index in [0.29, 0.717) is 23.7 Å². The number of carbonyl (C=O) groups is 1. The summed E-state index contributed by atoms with van der Waals surface area (Å²) in [6.45, 7) is 3.13. The molecule has 1 saturated heterocycles. The van der Waals surface area contributed by atoms with Gasteiger partial charge in [-0.1, -0.05) is 0 Å². The third-order valence-electron chi connectivity index (χ3n) is 4.53. The molecule has 0 spiro atoms. The van der Waals surface area contributed by atoms with E-state index in [9.17, 15) is 9.90 Å². The van der Waals surface area contributed by atoms with Crippen molar-refractivity contribution in [2.75, 3.05) is 32.0 Å². The molecule has 1 aromatic heterocycles. The summed E-state index contributed by atoms with van der Waals surface area (Å²) in [7, 11) is 0. The van der Waals surface area contributed by atoms with Gasteiger partial charge in [0.2, 0.25) is 0 Å². The van der Waals surface area contributed by atoms with E-state index >= 15 is 0 Å². The number of rotatable bonds is 5. The highest BCUT2D eigenvalue weighted by Crippen LogP contribution is 2.53. The SMILES string of the molecule is CCOC(=O)c1c(N)sc2c1C1CCC2N(CC(O)CO)C1. The Kier molecular flexibility index (Phi) is 4.40. The summed E-state index contributed by atoms with van der Waals surface area (Å²) < 4.78 is 5.15. The third kappa shape index (κ3) is 2.52. The first-order chi connectivity index (χ1) is 10.6. The number of nitrogens with two attached hydrogens (primary N) is 1. The molecule has 1 aromatic rings. The van der Waals surface area contributed by atoms with Gasteiger partial charge in [-0.15, -0.1) is 11.3 Å². The first-order valence-corrected chi connectivity index (χ1v) is 8.50. The highest BCUT2D eigenvalue weighted by atomic mass is 32.1. The maximum atomic E-state index is 12.2. The molecule has 3 unspecified atom stereocenters. The summed E-state index contributed by atoms with van der Waals surface area (Å²) in [6, 6.07) is 0.177.